The van der Waals surface area contributed by atoms with Crippen LogP contribution in [-0.4, -0.2) is 39.0 Å². The summed E-state index contributed by atoms with van der Waals surface area (Å²) in [5, 5.41) is 5.45. The second kappa shape index (κ2) is 8.47. The van der Waals surface area contributed by atoms with Crippen LogP contribution in [0.1, 0.15) is 29.6 Å². The van der Waals surface area contributed by atoms with Gasteiger partial charge in [-0.15, -0.1) is 0 Å². The average Bonchev–Trinajstić information content (AvgIpc) is 3.24. The number of rotatable bonds is 7. The maximum atomic E-state index is 14.8. The van der Waals surface area contributed by atoms with E-state index < -0.39 is 24.3 Å². The minimum absolute atomic E-state index is 0.0558. The molecule has 1 fully saturated rings. The molecule has 3 heterocycles. The lowest BCUT2D eigenvalue weighted by atomic mass is 10.1. The highest BCUT2D eigenvalue weighted by atomic mass is 19.4. The summed E-state index contributed by atoms with van der Waals surface area (Å²) < 4.78 is 59.4. The number of carbonyl (C=O) groups is 1. The smallest absolute Gasteiger partial charge is 0.390 e. The van der Waals surface area contributed by atoms with Gasteiger partial charge >= 0.3 is 6.18 Å². The number of amides is 1. The zero-order valence-corrected chi connectivity index (χ0v) is 17.7. The Morgan fingerprint density at radius 1 is 1.21 bits per heavy atom. The van der Waals surface area contributed by atoms with E-state index in [0.29, 0.717) is 22.5 Å². The lowest BCUT2D eigenvalue weighted by Gasteiger charge is -2.12. The van der Waals surface area contributed by atoms with E-state index in [0.717, 1.165) is 12.8 Å². The van der Waals surface area contributed by atoms with Crippen LogP contribution in [0, 0.1) is 5.82 Å². The van der Waals surface area contributed by atoms with Gasteiger partial charge in [0.2, 0.25) is 0 Å². The van der Waals surface area contributed by atoms with Gasteiger partial charge in [-0.05, 0) is 31.0 Å². The summed E-state index contributed by atoms with van der Waals surface area (Å²) in [5.74, 6) is -0.999. The van der Waals surface area contributed by atoms with Crippen LogP contribution in [0.4, 0.5) is 23.4 Å². The number of nitrogens with one attached hydrogen (secondary N) is 2. The monoisotopic (exact) mass is 473 g/mol. The molecular weight excluding hydrogens is 454 g/mol. The standard InChI is InChI=1S/C23H19F4N5O2/c24-17-9-13(1-4-16(17)22(33)30-15-2-3-15)19-10-29-21-20(28-7-6-23(25,26)27)31-18(11-32(19)21)14-5-8-34-12-14/h1,4-5,8-12,15H,2-3,6-7H2,(H,28,31)(H,30,33). The maximum Gasteiger partial charge on any atom is 0.390 e. The Kier molecular flexibility index (Phi) is 5.46. The number of hydrogen-bond donors (Lipinski definition) is 2. The first-order valence-corrected chi connectivity index (χ1v) is 10.6. The van der Waals surface area contributed by atoms with Crippen LogP contribution in [0.3, 0.4) is 0 Å². The fourth-order valence-corrected chi connectivity index (χ4v) is 3.54. The molecule has 1 aliphatic carbocycles. The van der Waals surface area contributed by atoms with Crippen LogP contribution in [0.25, 0.3) is 28.2 Å². The number of alkyl halides is 3. The van der Waals surface area contributed by atoms with Crippen molar-refractivity contribution in [3.8, 4) is 22.5 Å². The number of fused-ring (bicyclic) bond motifs is 1. The minimum Gasteiger partial charge on any atom is -0.472 e. The molecule has 11 heteroatoms. The Morgan fingerprint density at radius 2 is 2.03 bits per heavy atom. The normalized spacial score (nSPS) is 13.9. The van der Waals surface area contributed by atoms with E-state index in [4.69, 9.17) is 4.42 Å². The molecule has 0 aliphatic heterocycles. The van der Waals surface area contributed by atoms with Gasteiger partial charge in [0.05, 0.1) is 42.1 Å². The summed E-state index contributed by atoms with van der Waals surface area (Å²) in [6.45, 7) is -0.386. The number of imidazole rings is 1. The van der Waals surface area contributed by atoms with E-state index in [1.807, 2.05) is 0 Å². The molecule has 0 saturated heterocycles. The number of carbonyl (C=O) groups excluding carboxylic acids is 1. The predicted octanol–water partition coefficient (Wildman–Crippen LogP) is 5.05. The van der Waals surface area contributed by atoms with Crippen molar-refractivity contribution in [1.29, 1.82) is 0 Å². The second-order valence-corrected chi connectivity index (χ2v) is 8.06. The molecule has 3 aromatic heterocycles. The molecular formula is C23H19F4N5O2. The van der Waals surface area contributed by atoms with Gasteiger partial charge in [-0.1, -0.05) is 6.07 Å². The number of anilines is 1. The van der Waals surface area contributed by atoms with E-state index in [2.05, 4.69) is 20.6 Å². The van der Waals surface area contributed by atoms with Crippen molar-refractivity contribution >= 4 is 17.4 Å². The molecule has 5 rings (SSSR count). The van der Waals surface area contributed by atoms with Gasteiger partial charge in [0.1, 0.15) is 5.82 Å². The molecule has 1 aromatic carbocycles. The number of nitrogens with zero attached hydrogens (tertiary/aromatic N) is 3. The number of aromatic nitrogens is 3. The first kappa shape index (κ1) is 21.9. The van der Waals surface area contributed by atoms with Crippen LogP contribution >= 0.6 is 0 Å². The quantitative estimate of drug-likeness (QED) is 0.367. The molecule has 1 aliphatic rings. The van der Waals surface area contributed by atoms with Gasteiger partial charge in [0.15, 0.2) is 11.5 Å². The van der Waals surface area contributed by atoms with E-state index in [9.17, 15) is 22.4 Å². The van der Waals surface area contributed by atoms with Gasteiger partial charge in [-0.2, -0.15) is 13.2 Å². The molecule has 4 aromatic rings. The lowest BCUT2D eigenvalue weighted by Crippen LogP contribution is -2.26. The first-order valence-electron chi connectivity index (χ1n) is 10.6. The Bertz CT molecular complexity index is 1340. The first-order chi connectivity index (χ1) is 16.3. The number of benzene rings is 1. The molecule has 1 amide bonds. The van der Waals surface area contributed by atoms with E-state index in [-0.39, 0.29) is 29.6 Å². The minimum atomic E-state index is -4.32. The number of halogens is 4. The Morgan fingerprint density at radius 3 is 2.71 bits per heavy atom. The average molecular weight is 473 g/mol. The maximum absolute atomic E-state index is 14.8. The summed E-state index contributed by atoms with van der Waals surface area (Å²) in [6.07, 6.45) is 2.44. The van der Waals surface area contributed by atoms with Crippen molar-refractivity contribution in [2.45, 2.75) is 31.5 Å². The van der Waals surface area contributed by atoms with Crippen LogP contribution in [0.15, 0.2) is 53.6 Å². The van der Waals surface area contributed by atoms with Crippen LogP contribution in [-0.2, 0) is 0 Å². The lowest BCUT2D eigenvalue weighted by molar-refractivity contribution is -0.131. The second-order valence-electron chi connectivity index (χ2n) is 8.06. The van der Waals surface area contributed by atoms with Gasteiger partial charge < -0.3 is 15.1 Å². The van der Waals surface area contributed by atoms with Crippen molar-refractivity contribution in [1.82, 2.24) is 19.7 Å². The van der Waals surface area contributed by atoms with Gasteiger partial charge in [0, 0.05) is 29.9 Å². The van der Waals surface area contributed by atoms with Crippen molar-refractivity contribution in [3.63, 3.8) is 0 Å². The Hall–Kier alpha value is -3.89. The van der Waals surface area contributed by atoms with E-state index >= 15 is 0 Å². The zero-order chi connectivity index (χ0) is 23.9. The van der Waals surface area contributed by atoms with Gasteiger partial charge in [-0.3, -0.25) is 9.20 Å². The Balaban J connectivity index is 1.52. The third-order valence-electron chi connectivity index (χ3n) is 5.43. The van der Waals surface area contributed by atoms with E-state index in [1.54, 1.807) is 22.7 Å². The predicted molar refractivity (Wildman–Crippen MR) is 116 cm³/mol. The van der Waals surface area contributed by atoms with Crippen LogP contribution < -0.4 is 10.6 Å². The van der Waals surface area contributed by atoms with Crippen molar-refractivity contribution in [2.24, 2.45) is 0 Å². The fraction of sp³-hybridized carbons (Fsp3) is 0.261. The summed E-state index contributed by atoms with van der Waals surface area (Å²) >= 11 is 0. The molecule has 0 bridgehead atoms. The largest absolute Gasteiger partial charge is 0.472 e. The summed E-state index contributed by atoms with van der Waals surface area (Å²) in [6, 6.07) is 6.00. The van der Waals surface area contributed by atoms with Crippen LogP contribution in [0.5, 0.6) is 0 Å². The SMILES string of the molecule is O=C(NC1CC1)c1ccc(-c2cnc3c(NCCC(F)(F)F)nc(-c4ccoc4)cn23)cc1F. The molecule has 1 saturated carbocycles. The third kappa shape index (κ3) is 4.59. The topological polar surface area (TPSA) is 84.5 Å². The summed E-state index contributed by atoms with van der Waals surface area (Å²) in [5.41, 5.74) is 2.18. The molecule has 0 unspecified atom stereocenters. The third-order valence-corrected chi connectivity index (χ3v) is 5.43. The molecule has 176 valence electrons. The number of furan rings is 1. The fourth-order valence-electron chi connectivity index (χ4n) is 3.54. The van der Waals surface area contributed by atoms with Crippen molar-refractivity contribution in [3.05, 3.63) is 60.6 Å². The van der Waals surface area contributed by atoms with E-state index in [1.165, 1.54) is 30.9 Å². The van der Waals surface area contributed by atoms with Crippen molar-refractivity contribution < 1.29 is 26.8 Å². The Labute approximate surface area is 190 Å². The van der Waals surface area contributed by atoms with Crippen LogP contribution in [0.2, 0.25) is 0 Å². The molecule has 0 spiro atoms. The molecule has 2 N–H and O–H groups in total. The summed E-state index contributed by atoms with van der Waals surface area (Å²) in [7, 11) is 0. The highest BCUT2D eigenvalue weighted by molar-refractivity contribution is 5.95. The zero-order valence-electron chi connectivity index (χ0n) is 17.7. The van der Waals surface area contributed by atoms with Crippen molar-refractivity contribution in [2.75, 3.05) is 11.9 Å². The van der Waals surface area contributed by atoms with Gasteiger partial charge in [-0.25, -0.2) is 14.4 Å². The highest BCUT2D eigenvalue weighted by Gasteiger charge is 2.27. The van der Waals surface area contributed by atoms with Gasteiger partial charge in [0.25, 0.3) is 5.91 Å². The molecule has 7 nitrogen and oxygen atoms in total. The summed E-state index contributed by atoms with van der Waals surface area (Å²) in [4.78, 5) is 21.0. The number of hydrogen-bond acceptors (Lipinski definition) is 5. The highest BCUT2D eigenvalue weighted by Crippen LogP contribution is 2.29. The molecule has 0 radical (unpaired) electrons. The molecule has 0 atom stereocenters. The molecule has 34 heavy (non-hydrogen) atoms.